The van der Waals surface area contributed by atoms with E-state index in [4.69, 9.17) is 0 Å². The molecular formula is C13H14F3N3O. The lowest BCUT2D eigenvalue weighted by Gasteiger charge is -2.47. The van der Waals surface area contributed by atoms with Gasteiger partial charge in [0.2, 0.25) is 0 Å². The van der Waals surface area contributed by atoms with Gasteiger partial charge in [-0.1, -0.05) is 6.07 Å². The van der Waals surface area contributed by atoms with Crippen LogP contribution in [0.5, 0.6) is 0 Å². The number of anilines is 1. The van der Waals surface area contributed by atoms with E-state index in [1.807, 2.05) is 0 Å². The van der Waals surface area contributed by atoms with Gasteiger partial charge in [-0.15, -0.1) is 0 Å². The van der Waals surface area contributed by atoms with E-state index in [0.29, 0.717) is 19.6 Å². The van der Waals surface area contributed by atoms with Crippen molar-refractivity contribution < 1.29 is 18.0 Å². The number of hydrogen-bond acceptors (Lipinski definition) is 3. The summed E-state index contributed by atoms with van der Waals surface area (Å²) >= 11 is 0. The second-order valence-electron chi connectivity index (χ2n) is 4.99. The molecule has 1 atom stereocenters. The minimum absolute atomic E-state index is 0.0228. The van der Waals surface area contributed by atoms with Crippen molar-refractivity contribution in [3.05, 3.63) is 29.3 Å². The number of alkyl halides is 3. The molecule has 0 aliphatic carbocycles. The summed E-state index contributed by atoms with van der Waals surface area (Å²) in [7, 11) is 1.62. The quantitative estimate of drug-likeness (QED) is 0.785. The second-order valence-corrected chi connectivity index (χ2v) is 4.99. The monoisotopic (exact) mass is 285 g/mol. The first-order valence-electron chi connectivity index (χ1n) is 6.36. The van der Waals surface area contributed by atoms with Crippen molar-refractivity contribution in [3.8, 4) is 0 Å². The highest BCUT2D eigenvalue weighted by atomic mass is 19.4. The van der Waals surface area contributed by atoms with Gasteiger partial charge in [0.25, 0.3) is 5.91 Å². The van der Waals surface area contributed by atoms with E-state index < -0.39 is 11.7 Å². The third-order valence-electron chi connectivity index (χ3n) is 3.84. The highest BCUT2D eigenvalue weighted by molar-refractivity contribution is 6.02. The summed E-state index contributed by atoms with van der Waals surface area (Å²) in [5.74, 6) is -0.365. The molecule has 2 aliphatic rings. The fourth-order valence-corrected chi connectivity index (χ4v) is 2.88. The zero-order valence-electron chi connectivity index (χ0n) is 10.9. The number of halogens is 3. The third-order valence-corrected chi connectivity index (χ3v) is 3.84. The third kappa shape index (κ3) is 1.84. The fourth-order valence-electron chi connectivity index (χ4n) is 2.88. The molecule has 1 aromatic rings. The van der Waals surface area contributed by atoms with Crippen LogP contribution in [0.1, 0.15) is 15.9 Å². The van der Waals surface area contributed by atoms with Crippen molar-refractivity contribution in [3.63, 3.8) is 0 Å². The summed E-state index contributed by atoms with van der Waals surface area (Å²) in [4.78, 5) is 15.4. The Morgan fingerprint density at radius 1 is 1.35 bits per heavy atom. The summed E-state index contributed by atoms with van der Waals surface area (Å²) in [6, 6.07) is 3.79. The molecule has 4 nitrogen and oxygen atoms in total. The van der Waals surface area contributed by atoms with Crippen molar-refractivity contribution in [1.29, 1.82) is 0 Å². The Bertz CT molecular complexity index is 558. The van der Waals surface area contributed by atoms with Crippen LogP contribution < -0.4 is 10.2 Å². The second kappa shape index (κ2) is 4.37. The Morgan fingerprint density at radius 3 is 2.80 bits per heavy atom. The average molecular weight is 285 g/mol. The number of carbonyl (C=O) groups is 1. The number of nitrogens with one attached hydrogen (secondary N) is 1. The van der Waals surface area contributed by atoms with Gasteiger partial charge >= 0.3 is 6.18 Å². The Kier molecular flexibility index (Phi) is 2.89. The predicted octanol–water partition coefficient (Wildman–Crippen LogP) is 1.53. The molecule has 1 amide bonds. The topological polar surface area (TPSA) is 35.6 Å². The number of likely N-dealkylation sites (N-methyl/N-ethyl adjacent to an activating group) is 1. The largest absolute Gasteiger partial charge is 0.418 e. The van der Waals surface area contributed by atoms with Gasteiger partial charge in [0, 0.05) is 26.7 Å². The van der Waals surface area contributed by atoms with E-state index in [-0.39, 0.29) is 23.3 Å². The van der Waals surface area contributed by atoms with E-state index in [1.54, 1.807) is 11.9 Å². The van der Waals surface area contributed by atoms with Gasteiger partial charge in [0.05, 0.1) is 16.8 Å². The molecule has 1 N–H and O–H groups in total. The van der Waals surface area contributed by atoms with Crippen molar-refractivity contribution in [2.24, 2.45) is 0 Å². The number of rotatable bonds is 0. The van der Waals surface area contributed by atoms with Gasteiger partial charge in [0.1, 0.15) is 6.17 Å². The van der Waals surface area contributed by atoms with E-state index in [9.17, 15) is 18.0 Å². The van der Waals surface area contributed by atoms with Crippen molar-refractivity contribution in [2.45, 2.75) is 12.3 Å². The number of piperazine rings is 1. The summed E-state index contributed by atoms with van der Waals surface area (Å²) in [5.41, 5.74) is -0.585. The van der Waals surface area contributed by atoms with Crippen LogP contribution in [0.3, 0.4) is 0 Å². The molecule has 7 heteroatoms. The summed E-state index contributed by atoms with van der Waals surface area (Å²) < 4.78 is 39.6. The number of hydrogen-bond donors (Lipinski definition) is 1. The minimum Gasteiger partial charge on any atom is -0.348 e. The van der Waals surface area contributed by atoms with Crippen LogP contribution in [0.2, 0.25) is 0 Å². The number of carbonyl (C=O) groups excluding carboxylic acids is 1. The van der Waals surface area contributed by atoms with Crippen LogP contribution >= 0.6 is 0 Å². The lowest BCUT2D eigenvalue weighted by Crippen LogP contribution is -2.62. The first-order chi connectivity index (χ1) is 9.41. The first-order valence-corrected chi connectivity index (χ1v) is 6.36. The van der Waals surface area contributed by atoms with Crippen LogP contribution in [0.15, 0.2) is 18.2 Å². The normalized spacial score (nSPS) is 22.6. The molecule has 0 spiro atoms. The molecule has 1 fully saturated rings. The smallest absolute Gasteiger partial charge is 0.348 e. The molecular weight excluding hydrogens is 271 g/mol. The highest BCUT2D eigenvalue weighted by Crippen LogP contribution is 2.42. The molecule has 0 radical (unpaired) electrons. The Labute approximate surface area is 114 Å². The van der Waals surface area contributed by atoms with Crippen LogP contribution in [-0.4, -0.2) is 43.7 Å². The highest BCUT2D eigenvalue weighted by Gasteiger charge is 2.43. The molecule has 2 heterocycles. The summed E-state index contributed by atoms with van der Waals surface area (Å²) in [5, 5.41) is 3.11. The molecule has 108 valence electrons. The molecule has 0 aromatic heterocycles. The Morgan fingerprint density at radius 2 is 2.10 bits per heavy atom. The van der Waals surface area contributed by atoms with Crippen molar-refractivity contribution in [2.75, 3.05) is 31.6 Å². The van der Waals surface area contributed by atoms with Gasteiger partial charge in [-0.05, 0) is 12.1 Å². The van der Waals surface area contributed by atoms with Crippen molar-refractivity contribution >= 4 is 11.6 Å². The van der Waals surface area contributed by atoms with Crippen LogP contribution in [0.25, 0.3) is 0 Å². The summed E-state index contributed by atoms with van der Waals surface area (Å²) in [6.45, 7) is 1.51. The van der Waals surface area contributed by atoms with Gasteiger partial charge in [0.15, 0.2) is 0 Å². The minimum atomic E-state index is -4.46. The number of nitrogens with zero attached hydrogens (tertiary/aromatic N) is 2. The average Bonchev–Trinajstić information content (AvgIpc) is 2.43. The Hall–Kier alpha value is -1.76. The van der Waals surface area contributed by atoms with E-state index in [1.165, 1.54) is 17.0 Å². The number of fused-ring (bicyclic) bond motifs is 3. The van der Waals surface area contributed by atoms with E-state index in [2.05, 4.69) is 5.32 Å². The zero-order chi connectivity index (χ0) is 14.5. The molecule has 3 rings (SSSR count). The number of benzene rings is 1. The SMILES string of the molecule is CN1C(=O)c2cccc(C(F)(F)F)c2N2CCNCC12. The van der Waals surface area contributed by atoms with Gasteiger partial charge in [-0.2, -0.15) is 13.2 Å². The van der Waals surface area contributed by atoms with Crippen molar-refractivity contribution in [1.82, 2.24) is 10.2 Å². The molecule has 0 saturated carbocycles. The maximum absolute atomic E-state index is 13.2. The maximum Gasteiger partial charge on any atom is 0.418 e. The maximum atomic E-state index is 13.2. The summed E-state index contributed by atoms with van der Waals surface area (Å²) in [6.07, 6.45) is -4.83. The fraction of sp³-hybridized carbons (Fsp3) is 0.462. The standard InChI is InChI=1S/C13H14F3N3O/c1-18-10-7-17-5-6-19(10)11-8(12(18)20)3-2-4-9(11)13(14,15)16/h2-4,10,17H,5-7H2,1H3. The Balaban J connectivity index is 2.21. The molecule has 1 unspecified atom stereocenters. The van der Waals surface area contributed by atoms with Crippen LogP contribution in [-0.2, 0) is 6.18 Å². The first kappa shape index (κ1) is 13.2. The van der Waals surface area contributed by atoms with Crippen LogP contribution in [0, 0.1) is 0 Å². The lowest BCUT2D eigenvalue weighted by atomic mass is 9.99. The molecule has 2 aliphatic heterocycles. The number of para-hydroxylation sites is 1. The molecule has 20 heavy (non-hydrogen) atoms. The van der Waals surface area contributed by atoms with E-state index in [0.717, 1.165) is 6.07 Å². The van der Waals surface area contributed by atoms with Gasteiger partial charge in [-0.25, -0.2) is 0 Å². The number of amides is 1. The van der Waals surface area contributed by atoms with Gasteiger partial charge in [-0.3, -0.25) is 4.79 Å². The zero-order valence-corrected chi connectivity index (χ0v) is 10.9. The molecule has 1 aromatic carbocycles. The van der Waals surface area contributed by atoms with Crippen LogP contribution in [0.4, 0.5) is 18.9 Å². The lowest BCUT2D eigenvalue weighted by molar-refractivity contribution is -0.137. The van der Waals surface area contributed by atoms with Gasteiger partial charge < -0.3 is 15.1 Å². The molecule has 0 bridgehead atoms. The van der Waals surface area contributed by atoms with E-state index >= 15 is 0 Å². The predicted molar refractivity (Wildman–Crippen MR) is 67.5 cm³/mol. The molecule has 1 saturated heterocycles.